The van der Waals surface area contributed by atoms with E-state index in [2.05, 4.69) is 16.0 Å². The molecule has 0 bridgehead atoms. The van der Waals surface area contributed by atoms with Gasteiger partial charge in [-0.05, 0) is 12.5 Å². The molecule has 0 unspecified atom stereocenters. The van der Waals surface area contributed by atoms with Crippen LogP contribution in [0.15, 0.2) is 30.3 Å². The molecule has 1 aromatic rings. The molecule has 0 saturated carbocycles. The molecule has 0 aliphatic carbocycles. The molecule has 110 valence electrons. The van der Waals surface area contributed by atoms with E-state index in [9.17, 15) is 9.59 Å². The number of rotatable bonds is 6. The van der Waals surface area contributed by atoms with Crippen molar-refractivity contribution in [1.82, 2.24) is 16.0 Å². The van der Waals surface area contributed by atoms with E-state index >= 15 is 0 Å². The van der Waals surface area contributed by atoms with Crippen LogP contribution < -0.4 is 16.0 Å². The van der Waals surface area contributed by atoms with Gasteiger partial charge in [0.1, 0.15) is 6.04 Å². The van der Waals surface area contributed by atoms with Crippen molar-refractivity contribution in [2.45, 2.75) is 19.0 Å². The summed E-state index contributed by atoms with van der Waals surface area (Å²) in [6, 6.07) is 8.06. The molecule has 0 spiro atoms. The van der Waals surface area contributed by atoms with Crippen molar-refractivity contribution >= 4 is 11.9 Å². The molecule has 0 aromatic heterocycles. The maximum absolute atomic E-state index is 12.2. The molecule has 0 aliphatic heterocycles. The molecule has 0 fully saturated rings. The molecule has 2 atom stereocenters. The molecular formula is C14H21N3O3. The van der Waals surface area contributed by atoms with Crippen LogP contribution in [0.4, 0.5) is 4.79 Å². The summed E-state index contributed by atoms with van der Waals surface area (Å²) in [6.07, 6.45) is 0. The summed E-state index contributed by atoms with van der Waals surface area (Å²) in [5.41, 5.74) is 0.789. The van der Waals surface area contributed by atoms with Gasteiger partial charge < -0.3 is 10.1 Å². The summed E-state index contributed by atoms with van der Waals surface area (Å²) in [7, 11) is 3.06. The van der Waals surface area contributed by atoms with Crippen LogP contribution in [-0.4, -0.2) is 38.7 Å². The molecule has 6 heteroatoms. The predicted octanol–water partition coefficient (Wildman–Crippen LogP) is 0.808. The first-order valence-corrected chi connectivity index (χ1v) is 6.41. The molecule has 0 saturated heterocycles. The minimum Gasteiger partial charge on any atom is -0.383 e. The molecule has 0 heterocycles. The first-order chi connectivity index (χ1) is 9.58. The summed E-state index contributed by atoms with van der Waals surface area (Å²) >= 11 is 0. The molecule has 6 nitrogen and oxygen atoms in total. The fourth-order valence-electron chi connectivity index (χ4n) is 1.80. The lowest BCUT2D eigenvalue weighted by Gasteiger charge is -2.22. The van der Waals surface area contributed by atoms with Gasteiger partial charge >= 0.3 is 6.03 Å². The third kappa shape index (κ3) is 4.99. The number of urea groups is 1. The van der Waals surface area contributed by atoms with Crippen molar-refractivity contribution in [1.29, 1.82) is 0 Å². The standard InChI is InChI=1S/C14H21N3O3/c1-10(9-20-3)16-12(11-7-5-4-6-8-11)13(18)17-14(19)15-2/h4-8,10,12,16H,9H2,1-3H3,(H2,15,17,18,19)/t10-,12-/m1/s1. The fraction of sp³-hybridized carbons (Fsp3) is 0.429. The Morgan fingerprint density at radius 3 is 2.45 bits per heavy atom. The monoisotopic (exact) mass is 279 g/mol. The lowest BCUT2D eigenvalue weighted by molar-refractivity contribution is -0.122. The highest BCUT2D eigenvalue weighted by molar-refractivity contribution is 5.97. The Kier molecular flexibility index (Phi) is 6.69. The van der Waals surface area contributed by atoms with E-state index in [4.69, 9.17) is 4.74 Å². The van der Waals surface area contributed by atoms with E-state index in [-0.39, 0.29) is 6.04 Å². The number of hydrogen-bond donors (Lipinski definition) is 3. The SMILES string of the molecule is CNC(=O)NC(=O)[C@H](N[C@H](C)COC)c1ccccc1. The maximum atomic E-state index is 12.2. The van der Waals surface area contributed by atoms with Crippen LogP contribution in [0, 0.1) is 0 Å². The molecular weight excluding hydrogens is 258 g/mol. The van der Waals surface area contributed by atoms with Crippen LogP contribution in [0.5, 0.6) is 0 Å². The van der Waals surface area contributed by atoms with Gasteiger partial charge in [-0.25, -0.2) is 4.79 Å². The smallest absolute Gasteiger partial charge is 0.321 e. The molecule has 0 radical (unpaired) electrons. The number of carbonyl (C=O) groups is 2. The summed E-state index contributed by atoms with van der Waals surface area (Å²) in [6.45, 7) is 2.38. The molecule has 3 amide bonds. The Bertz CT molecular complexity index is 437. The number of ether oxygens (including phenoxy) is 1. The minimum absolute atomic E-state index is 0.0272. The van der Waals surface area contributed by atoms with Gasteiger partial charge in [0, 0.05) is 20.2 Å². The summed E-state index contributed by atoms with van der Waals surface area (Å²) < 4.78 is 5.05. The topological polar surface area (TPSA) is 79.5 Å². The Morgan fingerprint density at radius 1 is 1.25 bits per heavy atom. The van der Waals surface area contributed by atoms with Crippen LogP contribution in [0.3, 0.4) is 0 Å². The highest BCUT2D eigenvalue weighted by atomic mass is 16.5. The molecule has 20 heavy (non-hydrogen) atoms. The number of carbonyl (C=O) groups excluding carboxylic acids is 2. The van der Waals surface area contributed by atoms with Crippen LogP contribution >= 0.6 is 0 Å². The zero-order valence-electron chi connectivity index (χ0n) is 12.0. The van der Waals surface area contributed by atoms with Crippen molar-refractivity contribution in [2.75, 3.05) is 20.8 Å². The first kappa shape index (κ1) is 16.1. The van der Waals surface area contributed by atoms with Crippen molar-refractivity contribution in [2.24, 2.45) is 0 Å². The zero-order valence-corrected chi connectivity index (χ0v) is 12.0. The van der Waals surface area contributed by atoms with Crippen LogP contribution in [-0.2, 0) is 9.53 Å². The number of hydrogen-bond acceptors (Lipinski definition) is 4. The van der Waals surface area contributed by atoms with E-state index < -0.39 is 18.0 Å². The summed E-state index contributed by atoms with van der Waals surface area (Å²) in [5.74, 6) is -0.404. The van der Waals surface area contributed by atoms with Crippen LogP contribution in [0.1, 0.15) is 18.5 Å². The molecule has 1 rings (SSSR count). The number of methoxy groups -OCH3 is 1. The predicted molar refractivity (Wildman–Crippen MR) is 76.3 cm³/mol. The highest BCUT2D eigenvalue weighted by Crippen LogP contribution is 2.13. The molecule has 0 aliphatic rings. The van der Waals surface area contributed by atoms with E-state index in [0.29, 0.717) is 6.61 Å². The zero-order chi connectivity index (χ0) is 15.0. The van der Waals surface area contributed by atoms with E-state index in [1.54, 1.807) is 7.11 Å². The van der Waals surface area contributed by atoms with Crippen molar-refractivity contribution in [3.63, 3.8) is 0 Å². The summed E-state index contributed by atoms with van der Waals surface area (Å²) in [4.78, 5) is 23.5. The Hall–Kier alpha value is -1.92. The van der Waals surface area contributed by atoms with Gasteiger partial charge in [0.05, 0.1) is 6.61 Å². The average Bonchev–Trinajstić information content (AvgIpc) is 2.45. The molecule has 3 N–H and O–H groups in total. The van der Waals surface area contributed by atoms with E-state index in [1.807, 2.05) is 37.3 Å². The van der Waals surface area contributed by atoms with Gasteiger partial charge in [-0.15, -0.1) is 0 Å². The van der Waals surface area contributed by atoms with E-state index in [0.717, 1.165) is 5.56 Å². The van der Waals surface area contributed by atoms with Crippen LogP contribution in [0.25, 0.3) is 0 Å². The van der Waals surface area contributed by atoms with Gasteiger partial charge in [-0.1, -0.05) is 30.3 Å². The average molecular weight is 279 g/mol. The third-order valence-electron chi connectivity index (χ3n) is 2.73. The van der Waals surface area contributed by atoms with Gasteiger partial charge in [-0.3, -0.25) is 15.4 Å². The van der Waals surface area contributed by atoms with Crippen LogP contribution in [0.2, 0.25) is 0 Å². The highest BCUT2D eigenvalue weighted by Gasteiger charge is 2.23. The second-order valence-electron chi connectivity index (χ2n) is 4.44. The quantitative estimate of drug-likeness (QED) is 0.720. The van der Waals surface area contributed by atoms with Gasteiger partial charge in [0.2, 0.25) is 5.91 Å². The van der Waals surface area contributed by atoms with E-state index in [1.165, 1.54) is 7.05 Å². The largest absolute Gasteiger partial charge is 0.383 e. The van der Waals surface area contributed by atoms with Crippen molar-refractivity contribution in [3.05, 3.63) is 35.9 Å². The third-order valence-corrected chi connectivity index (χ3v) is 2.73. The number of nitrogens with one attached hydrogen (secondary N) is 3. The Labute approximate surface area is 118 Å². The second kappa shape index (κ2) is 8.29. The lowest BCUT2D eigenvalue weighted by Crippen LogP contribution is -2.46. The van der Waals surface area contributed by atoms with Gasteiger partial charge in [-0.2, -0.15) is 0 Å². The Morgan fingerprint density at radius 2 is 1.90 bits per heavy atom. The van der Waals surface area contributed by atoms with Gasteiger partial charge in [0.15, 0.2) is 0 Å². The normalized spacial score (nSPS) is 13.3. The van der Waals surface area contributed by atoms with Gasteiger partial charge in [0.25, 0.3) is 0 Å². The second-order valence-corrected chi connectivity index (χ2v) is 4.44. The van der Waals surface area contributed by atoms with Crippen molar-refractivity contribution in [3.8, 4) is 0 Å². The fourth-order valence-corrected chi connectivity index (χ4v) is 1.80. The summed E-state index contributed by atoms with van der Waals surface area (Å²) in [5, 5.41) is 7.79. The minimum atomic E-state index is -0.612. The maximum Gasteiger partial charge on any atom is 0.321 e. The first-order valence-electron chi connectivity index (χ1n) is 6.41. The molecule has 1 aromatic carbocycles. The number of benzene rings is 1. The Balaban J connectivity index is 2.84. The number of imide groups is 1. The van der Waals surface area contributed by atoms with Crippen molar-refractivity contribution < 1.29 is 14.3 Å². The number of amides is 3. The lowest BCUT2D eigenvalue weighted by atomic mass is 10.1.